The van der Waals surface area contributed by atoms with Gasteiger partial charge in [0.2, 0.25) is 11.6 Å². The van der Waals surface area contributed by atoms with E-state index in [-0.39, 0.29) is 24.0 Å². The van der Waals surface area contributed by atoms with Crippen molar-refractivity contribution in [2.24, 2.45) is 4.99 Å². The molecular formula is C23H34IN5O4. The Balaban J connectivity index is 0.00000385. The average Bonchev–Trinajstić information content (AvgIpc) is 2.85. The molecule has 10 heteroatoms. The minimum atomic E-state index is 0. The Kier molecular flexibility index (Phi) is 10.8. The standard InChI is InChI=1S/C23H33N5O4.HI/c1-24-23(26-15-17-6-7-21(31-4)25-14-17)28-10-8-27(9-11-28)16-18-12-19(29-2)22(32-5)20(13-18)30-3;/h6-7,12-14H,8-11,15-16H2,1-5H3,(H,24,26);1H. The topological polar surface area (TPSA) is 80.7 Å². The number of hydrogen-bond donors (Lipinski definition) is 1. The highest BCUT2D eigenvalue weighted by molar-refractivity contribution is 14.0. The van der Waals surface area contributed by atoms with Crippen LogP contribution in [0.2, 0.25) is 0 Å². The van der Waals surface area contributed by atoms with Crippen molar-refractivity contribution in [3.63, 3.8) is 0 Å². The van der Waals surface area contributed by atoms with Crippen molar-refractivity contribution in [2.45, 2.75) is 13.1 Å². The molecule has 1 aromatic heterocycles. The highest BCUT2D eigenvalue weighted by atomic mass is 127. The van der Waals surface area contributed by atoms with Gasteiger partial charge in [0.25, 0.3) is 0 Å². The molecule has 9 nitrogen and oxygen atoms in total. The number of benzene rings is 1. The van der Waals surface area contributed by atoms with E-state index in [2.05, 4.69) is 25.1 Å². The molecular weight excluding hydrogens is 537 g/mol. The number of rotatable bonds is 8. The Labute approximate surface area is 213 Å². The van der Waals surface area contributed by atoms with Crippen molar-refractivity contribution in [1.82, 2.24) is 20.1 Å². The van der Waals surface area contributed by atoms with Crippen LogP contribution >= 0.6 is 24.0 Å². The van der Waals surface area contributed by atoms with Gasteiger partial charge in [0.15, 0.2) is 17.5 Å². The fourth-order valence-corrected chi connectivity index (χ4v) is 3.75. The van der Waals surface area contributed by atoms with Gasteiger partial charge in [-0.15, -0.1) is 24.0 Å². The van der Waals surface area contributed by atoms with Crippen molar-refractivity contribution in [1.29, 1.82) is 0 Å². The fourth-order valence-electron chi connectivity index (χ4n) is 3.75. The van der Waals surface area contributed by atoms with E-state index in [9.17, 15) is 0 Å². The molecule has 1 fully saturated rings. The third-order valence-electron chi connectivity index (χ3n) is 5.47. The van der Waals surface area contributed by atoms with Crippen molar-refractivity contribution in [3.8, 4) is 23.1 Å². The number of guanidine groups is 1. The lowest BCUT2D eigenvalue weighted by Gasteiger charge is -2.36. The Morgan fingerprint density at radius 3 is 2.09 bits per heavy atom. The average molecular weight is 571 g/mol. The molecule has 1 aliphatic rings. The van der Waals surface area contributed by atoms with Crippen molar-refractivity contribution < 1.29 is 18.9 Å². The summed E-state index contributed by atoms with van der Waals surface area (Å²) < 4.78 is 21.5. The molecule has 2 aromatic rings. The number of nitrogens with one attached hydrogen (secondary N) is 1. The number of nitrogens with zero attached hydrogens (tertiary/aromatic N) is 4. The number of hydrogen-bond acceptors (Lipinski definition) is 7. The van der Waals surface area contributed by atoms with Crippen LogP contribution < -0.4 is 24.3 Å². The highest BCUT2D eigenvalue weighted by Gasteiger charge is 2.21. The maximum atomic E-state index is 5.48. The summed E-state index contributed by atoms with van der Waals surface area (Å²) in [7, 11) is 8.33. The summed E-state index contributed by atoms with van der Waals surface area (Å²) in [6, 6.07) is 7.89. The molecule has 1 saturated heterocycles. The molecule has 33 heavy (non-hydrogen) atoms. The quantitative estimate of drug-likeness (QED) is 0.295. The number of methoxy groups -OCH3 is 4. The first-order valence-electron chi connectivity index (χ1n) is 10.6. The summed E-state index contributed by atoms with van der Waals surface area (Å²) in [6.07, 6.45) is 1.81. The van der Waals surface area contributed by atoms with Crippen LogP contribution in [0.3, 0.4) is 0 Å². The second-order valence-electron chi connectivity index (χ2n) is 7.41. The van der Waals surface area contributed by atoms with Gasteiger partial charge in [-0.1, -0.05) is 6.07 Å². The summed E-state index contributed by atoms with van der Waals surface area (Å²) in [6.45, 7) is 5.13. The van der Waals surface area contributed by atoms with Crippen LogP contribution in [0.1, 0.15) is 11.1 Å². The summed E-state index contributed by atoms with van der Waals surface area (Å²) in [5, 5.41) is 3.43. The summed E-state index contributed by atoms with van der Waals surface area (Å²) >= 11 is 0. The SMILES string of the molecule is CN=C(NCc1ccc(OC)nc1)N1CCN(Cc2cc(OC)c(OC)c(OC)c2)CC1.I. The molecule has 0 atom stereocenters. The van der Waals surface area contributed by atoms with Crippen LogP contribution in [0.4, 0.5) is 0 Å². The highest BCUT2D eigenvalue weighted by Crippen LogP contribution is 2.38. The number of pyridine rings is 1. The molecule has 0 aliphatic carbocycles. The molecule has 2 heterocycles. The molecule has 0 spiro atoms. The fraction of sp³-hybridized carbons (Fsp3) is 0.478. The first-order valence-corrected chi connectivity index (χ1v) is 10.6. The number of aliphatic imine (C=N–C) groups is 1. The molecule has 0 radical (unpaired) electrons. The van der Waals surface area contributed by atoms with E-state index in [0.29, 0.717) is 29.7 Å². The van der Waals surface area contributed by atoms with Crippen molar-refractivity contribution in [3.05, 3.63) is 41.6 Å². The van der Waals surface area contributed by atoms with Crippen LogP contribution in [0.5, 0.6) is 23.1 Å². The lowest BCUT2D eigenvalue weighted by Crippen LogP contribution is -2.52. The van der Waals surface area contributed by atoms with Gasteiger partial charge in [-0.3, -0.25) is 9.89 Å². The number of piperazine rings is 1. The lowest BCUT2D eigenvalue weighted by molar-refractivity contribution is 0.172. The zero-order valence-electron chi connectivity index (χ0n) is 20.0. The predicted octanol–water partition coefficient (Wildman–Crippen LogP) is 2.63. The van der Waals surface area contributed by atoms with Crippen LogP contribution in [0.25, 0.3) is 0 Å². The molecule has 1 aliphatic heterocycles. The minimum absolute atomic E-state index is 0. The van der Waals surface area contributed by atoms with Crippen molar-refractivity contribution >= 4 is 29.9 Å². The molecule has 0 bridgehead atoms. The number of aromatic nitrogens is 1. The van der Waals surface area contributed by atoms with Gasteiger partial charge in [0, 0.05) is 58.6 Å². The Bertz CT molecular complexity index is 877. The zero-order chi connectivity index (χ0) is 22.9. The van der Waals surface area contributed by atoms with Crippen LogP contribution in [0.15, 0.2) is 35.5 Å². The molecule has 0 unspecified atom stereocenters. The second-order valence-corrected chi connectivity index (χ2v) is 7.41. The van der Waals surface area contributed by atoms with Gasteiger partial charge in [-0.25, -0.2) is 4.98 Å². The summed E-state index contributed by atoms with van der Waals surface area (Å²) in [4.78, 5) is 13.4. The van der Waals surface area contributed by atoms with E-state index >= 15 is 0 Å². The van der Waals surface area contributed by atoms with Gasteiger partial charge in [0.05, 0.1) is 28.4 Å². The van der Waals surface area contributed by atoms with E-state index in [1.807, 2.05) is 37.5 Å². The van der Waals surface area contributed by atoms with E-state index in [1.165, 1.54) is 0 Å². The van der Waals surface area contributed by atoms with Crippen molar-refractivity contribution in [2.75, 3.05) is 61.7 Å². The largest absolute Gasteiger partial charge is 0.493 e. The third kappa shape index (κ3) is 7.00. The molecule has 3 rings (SSSR count). The molecule has 0 saturated carbocycles. The van der Waals surface area contributed by atoms with Gasteiger partial charge in [0.1, 0.15) is 0 Å². The molecule has 1 aromatic carbocycles. The maximum Gasteiger partial charge on any atom is 0.212 e. The van der Waals surface area contributed by atoms with E-state index < -0.39 is 0 Å². The number of halogens is 1. The van der Waals surface area contributed by atoms with Crippen LogP contribution in [-0.4, -0.2) is 82.4 Å². The summed E-state index contributed by atoms with van der Waals surface area (Å²) in [5.74, 6) is 3.48. The lowest BCUT2D eigenvalue weighted by atomic mass is 10.1. The minimum Gasteiger partial charge on any atom is -0.493 e. The monoisotopic (exact) mass is 571 g/mol. The second kappa shape index (κ2) is 13.3. The van der Waals surface area contributed by atoms with Gasteiger partial charge in [-0.2, -0.15) is 0 Å². The normalized spacial score (nSPS) is 14.3. The zero-order valence-corrected chi connectivity index (χ0v) is 22.3. The van der Waals surface area contributed by atoms with Crippen LogP contribution in [0, 0.1) is 0 Å². The smallest absolute Gasteiger partial charge is 0.212 e. The Morgan fingerprint density at radius 1 is 0.939 bits per heavy atom. The maximum absolute atomic E-state index is 5.48. The van der Waals surface area contributed by atoms with E-state index in [4.69, 9.17) is 18.9 Å². The van der Waals surface area contributed by atoms with Gasteiger partial charge >= 0.3 is 0 Å². The van der Waals surface area contributed by atoms with Gasteiger partial charge in [-0.05, 0) is 23.3 Å². The first kappa shape index (κ1) is 26.8. The molecule has 182 valence electrons. The van der Waals surface area contributed by atoms with E-state index in [1.54, 1.807) is 28.4 Å². The van der Waals surface area contributed by atoms with Gasteiger partial charge < -0.3 is 29.2 Å². The Hall–Kier alpha value is -2.47. The predicted molar refractivity (Wildman–Crippen MR) is 139 cm³/mol. The summed E-state index contributed by atoms with van der Waals surface area (Å²) in [5.41, 5.74) is 2.20. The molecule has 1 N–H and O–H groups in total. The molecule has 0 amide bonds. The van der Waals surface area contributed by atoms with Crippen LogP contribution in [-0.2, 0) is 13.1 Å². The number of ether oxygens (including phenoxy) is 4. The van der Waals surface area contributed by atoms with E-state index in [0.717, 1.165) is 49.8 Å². The Morgan fingerprint density at radius 2 is 1.61 bits per heavy atom. The first-order chi connectivity index (χ1) is 15.6. The third-order valence-corrected chi connectivity index (χ3v) is 5.47.